The number of hydrogen-bond donors (Lipinski definition) is 2. The fraction of sp³-hybridized carbons (Fsp3) is 0.111. The van der Waals surface area contributed by atoms with Gasteiger partial charge in [0.2, 0.25) is 0 Å². The van der Waals surface area contributed by atoms with Crippen molar-refractivity contribution in [3.63, 3.8) is 0 Å². The van der Waals surface area contributed by atoms with E-state index in [0.29, 0.717) is 16.3 Å². The van der Waals surface area contributed by atoms with Crippen molar-refractivity contribution in [1.29, 1.82) is 0 Å². The SMILES string of the molecule is Cc1c(Cl)cccc1NC(=O)C(=O)O. The molecule has 0 spiro atoms. The van der Waals surface area contributed by atoms with E-state index in [1.807, 2.05) is 0 Å². The normalized spacial score (nSPS) is 9.57. The van der Waals surface area contributed by atoms with Gasteiger partial charge in [0.15, 0.2) is 0 Å². The average Bonchev–Trinajstić information content (AvgIpc) is 2.12. The third-order valence-electron chi connectivity index (χ3n) is 1.71. The van der Waals surface area contributed by atoms with Gasteiger partial charge in [0.1, 0.15) is 0 Å². The number of aliphatic carboxylic acids is 1. The van der Waals surface area contributed by atoms with Crippen LogP contribution in [0.3, 0.4) is 0 Å². The lowest BCUT2D eigenvalue weighted by atomic mass is 10.2. The van der Waals surface area contributed by atoms with Gasteiger partial charge in [-0.05, 0) is 24.6 Å². The predicted octanol–water partition coefficient (Wildman–Crippen LogP) is 1.67. The van der Waals surface area contributed by atoms with Gasteiger partial charge < -0.3 is 10.4 Å². The maximum Gasteiger partial charge on any atom is 0.394 e. The molecule has 0 atom stereocenters. The van der Waals surface area contributed by atoms with Gasteiger partial charge in [-0.1, -0.05) is 17.7 Å². The first-order valence-corrected chi connectivity index (χ1v) is 4.19. The molecule has 1 amide bonds. The Morgan fingerprint density at radius 1 is 1.43 bits per heavy atom. The van der Waals surface area contributed by atoms with E-state index >= 15 is 0 Å². The zero-order valence-corrected chi connectivity index (χ0v) is 8.13. The summed E-state index contributed by atoms with van der Waals surface area (Å²) >= 11 is 5.78. The first-order chi connectivity index (χ1) is 6.52. The molecule has 0 heterocycles. The third kappa shape index (κ3) is 2.23. The quantitative estimate of drug-likeness (QED) is 0.698. The number of carbonyl (C=O) groups excluding carboxylic acids is 1. The first-order valence-electron chi connectivity index (χ1n) is 3.81. The van der Waals surface area contributed by atoms with Crippen LogP contribution < -0.4 is 5.32 Å². The molecular weight excluding hydrogens is 206 g/mol. The van der Waals surface area contributed by atoms with Crippen LogP contribution in [-0.2, 0) is 9.59 Å². The lowest BCUT2D eigenvalue weighted by molar-refractivity contribution is -0.147. The Hall–Kier alpha value is -1.55. The minimum Gasteiger partial charge on any atom is -0.474 e. The third-order valence-corrected chi connectivity index (χ3v) is 2.12. The molecule has 0 radical (unpaired) electrons. The van der Waals surface area contributed by atoms with Crippen molar-refractivity contribution >= 4 is 29.2 Å². The van der Waals surface area contributed by atoms with Crippen LogP contribution in [0.1, 0.15) is 5.56 Å². The van der Waals surface area contributed by atoms with Crippen LogP contribution in [0.5, 0.6) is 0 Å². The second-order valence-corrected chi connectivity index (χ2v) is 3.08. The summed E-state index contributed by atoms with van der Waals surface area (Å²) in [6, 6.07) is 4.88. The van der Waals surface area contributed by atoms with Gasteiger partial charge in [-0.3, -0.25) is 4.79 Å². The number of rotatable bonds is 1. The molecule has 0 aromatic heterocycles. The summed E-state index contributed by atoms with van der Waals surface area (Å²) in [7, 11) is 0. The summed E-state index contributed by atoms with van der Waals surface area (Å²) in [4.78, 5) is 21.1. The highest BCUT2D eigenvalue weighted by Crippen LogP contribution is 2.22. The molecule has 1 aromatic rings. The van der Waals surface area contributed by atoms with Gasteiger partial charge in [-0.15, -0.1) is 0 Å². The Kier molecular flexibility index (Phi) is 3.09. The Balaban J connectivity index is 2.93. The highest BCUT2D eigenvalue weighted by molar-refractivity contribution is 6.37. The van der Waals surface area contributed by atoms with Gasteiger partial charge in [-0.25, -0.2) is 4.79 Å². The monoisotopic (exact) mass is 213 g/mol. The molecule has 0 aliphatic rings. The summed E-state index contributed by atoms with van der Waals surface area (Å²) in [5.74, 6) is -2.60. The zero-order valence-electron chi connectivity index (χ0n) is 7.37. The van der Waals surface area contributed by atoms with Gasteiger partial charge in [0.25, 0.3) is 0 Å². The fourth-order valence-corrected chi connectivity index (χ4v) is 1.09. The van der Waals surface area contributed by atoms with E-state index in [0.717, 1.165) is 0 Å². The van der Waals surface area contributed by atoms with Gasteiger partial charge >= 0.3 is 11.9 Å². The van der Waals surface area contributed by atoms with Crippen molar-refractivity contribution in [1.82, 2.24) is 0 Å². The predicted molar refractivity (Wildman–Crippen MR) is 52.5 cm³/mol. The van der Waals surface area contributed by atoms with Crippen molar-refractivity contribution in [2.24, 2.45) is 0 Å². The van der Waals surface area contributed by atoms with E-state index in [1.165, 1.54) is 0 Å². The van der Waals surface area contributed by atoms with Crippen molar-refractivity contribution in [3.05, 3.63) is 28.8 Å². The Morgan fingerprint density at radius 2 is 2.07 bits per heavy atom. The molecule has 4 nitrogen and oxygen atoms in total. The summed E-state index contributed by atoms with van der Waals surface area (Å²) in [6.45, 7) is 1.69. The van der Waals surface area contributed by atoms with E-state index in [4.69, 9.17) is 16.7 Å². The van der Waals surface area contributed by atoms with Gasteiger partial charge in [0, 0.05) is 10.7 Å². The lowest BCUT2D eigenvalue weighted by Gasteiger charge is -2.06. The highest BCUT2D eigenvalue weighted by Gasteiger charge is 2.12. The Bertz CT molecular complexity index is 390. The molecule has 0 saturated carbocycles. The van der Waals surface area contributed by atoms with E-state index in [1.54, 1.807) is 25.1 Å². The van der Waals surface area contributed by atoms with Crippen molar-refractivity contribution in [2.75, 3.05) is 5.32 Å². The van der Waals surface area contributed by atoms with E-state index in [2.05, 4.69) is 5.32 Å². The molecule has 0 unspecified atom stereocenters. The van der Waals surface area contributed by atoms with Crippen LogP contribution in [0.15, 0.2) is 18.2 Å². The largest absolute Gasteiger partial charge is 0.474 e. The summed E-state index contributed by atoms with van der Waals surface area (Å²) < 4.78 is 0. The van der Waals surface area contributed by atoms with E-state index < -0.39 is 11.9 Å². The molecule has 5 heteroatoms. The molecule has 14 heavy (non-hydrogen) atoms. The van der Waals surface area contributed by atoms with E-state index in [9.17, 15) is 9.59 Å². The lowest BCUT2D eigenvalue weighted by Crippen LogP contribution is -2.22. The molecule has 2 N–H and O–H groups in total. The summed E-state index contributed by atoms with van der Waals surface area (Å²) in [5.41, 5.74) is 1.05. The Morgan fingerprint density at radius 3 is 2.64 bits per heavy atom. The molecular formula is C9H8ClNO3. The topological polar surface area (TPSA) is 66.4 Å². The number of benzene rings is 1. The minimum atomic E-state index is -1.52. The maximum atomic E-state index is 10.8. The highest BCUT2D eigenvalue weighted by atomic mass is 35.5. The number of nitrogens with one attached hydrogen (secondary N) is 1. The number of carboxylic acid groups (broad SMARTS) is 1. The first kappa shape index (κ1) is 10.5. The molecule has 1 rings (SSSR count). The smallest absolute Gasteiger partial charge is 0.394 e. The molecule has 0 bridgehead atoms. The number of amides is 1. The van der Waals surface area contributed by atoms with E-state index in [-0.39, 0.29) is 0 Å². The summed E-state index contributed by atoms with van der Waals surface area (Å²) in [6.07, 6.45) is 0. The maximum absolute atomic E-state index is 10.8. The minimum absolute atomic E-state index is 0.407. The van der Waals surface area contributed by atoms with Crippen molar-refractivity contribution < 1.29 is 14.7 Å². The number of anilines is 1. The fourth-order valence-electron chi connectivity index (χ4n) is 0.919. The second kappa shape index (κ2) is 4.11. The Labute approximate surface area is 85.5 Å². The van der Waals surface area contributed by atoms with Crippen LogP contribution in [0.4, 0.5) is 5.69 Å². The number of carboxylic acids is 1. The number of halogens is 1. The van der Waals surface area contributed by atoms with Crippen LogP contribution in [-0.4, -0.2) is 17.0 Å². The zero-order chi connectivity index (χ0) is 10.7. The second-order valence-electron chi connectivity index (χ2n) is 2.67. The molecule has 0 aliphatic heterocycles. The summed E-state index contributed by atoms with van der Waals surface area (Å²) in [5, 5.41) is 11.1. The van der Waals surface area contributed by atoms with Crippen LogP contribution in [0, 0.1) is 6.92 Å². The average molecular weight is 214 g/mol. The molecule has 0 saturated heterocycles. The van der Waals surface area contributed by atoms with Crippen LogP contribution in [0.25, 0.3) is 0 Å². The molecule has 0 fully saturated rings. The van der Waals surface area contributed by atoms with Gasteiger partial charge in [-0.2, -0.15) is 0 Å². The van der Waals surface area contributed by atoms with Crippen LogP contribution >= 0.6 is 11.6 Å². The number of hydrogen-bond acceptors (Lipinski definition) is 2. The molecule has 0 aliphatic carbocycles. The molecule has 1 aromatic carbocycles. The number of carbonyl (C=O) groups is 2. The van der Waals surface area contributed by atoms with Crippen LogP contribution in [0.2, 0.25) is 5.02 Å². The van der Waals surface area contributed by atoms with Crippen molar-refractivity contribution in [2.45, 2.75) is 6.92 Å². The van der Waals surface area contributed by atoms with Crippen molar-refractivity contribution in [3.8, 4) is 0 Å². The van der Waals surface area contributed by atoms with Gasteiger partial charge in [0.05, 0.1) is 0 Å². The molecule has 74 valence electrons. The standard InChI is InChI=1S/C9H8ClNO3/c1-5-6(10)3-2-4-7(5)11-8(12)9(13)14/h2-4H,1H3,(H,11,12)(H,13,14).